The van der Waals surface area contributed by atoms with Crippen LogP contribution < -0.4 is 4.90 Å². The van der Waals surface area contributed by atoms with Crippen LogP contribution in [0.2, 0.25) is 0 Å². The van der Waals surface area contributed by atoms with E-state index in [1.807, 2.05) is 26.2 Å². The van der Waals surface area contributed by atoms with Gasteiger partial charge in [0.15, 0.2) is 0 Å². The Bertz CT molecular complexity index is 852. The molecule has 1 saturated heterocycles. The molecular formula is C19H24N4. The van der Waals surface area contributed by atoms with Gasteiger partial charge in [0, 0.05) is 48.7 Å². The van der Waals surface area contributed by atoms with E-state index in [4.69, 9.17) is 4.98 Å². The average molecular weight is 308 g/mol. The molecule has 4 heteroatoms. The largest absolute Gasteiger partial charge is 0.355 e. The van der Waals surface area contributed by atoms with Crippen molar-refractivity contribution in [1.29, 1.82) is 0 Å². The highest BCUT2D eigenvalue weighted by Gasteiger charge is 2.47. The molecule has 0 aromatic carbocycles. The van der Waals surface area contributed by atoms with E-state index in [-0.39, 0.29) is 0 Å². The fraction of sp³-hybridized carbons (Fsp3) is 0.474. The zero-order valence-corrected chi connectivity index (χ0v) is 14.2. The van der Waals surface area contributed by atoms with E-state index < -0.39 is 0 Å². The van der Waals surface area contributed by atoms with Gasteiger partial charge in [-0.3, -0.25) is 4.98 Å². The number of aromatic nitrogens is 3. The number of rotatable bonds is 1. The van der Waals surface area contributed by atoms with Crippen LogP contribution in [0.25, 0.3) is 21.9 Å². The van der Waals surface area contributed by atoms with Crippen molar-refractivity contribution in [3.63, 3.8) is 0 Å². The fourth-order valence-electron chi connectivity index (χ4n) is 4.00. The average Bonchev–Trinajstić information content (AvgIpc) is 2.80. The van der Waals surface area contributed by atoms with Gasteiger partial charge in [-0.05, 0) is 31.0 Å². The third-order valence-electron chi connectivity index (χ3n) is 5.42. The Hall–Kier alpha value is -2.10. The summed E-state index contributed by atoms with van der Waals surface area (Å²) < 4.78 is 2.18. The summed E-state index contributed by atoms with van der Waals surface area (Å²) in [4.78, 5) is 11.6. The molecule has 1 saturated carbocycles. The first-order valence-corrected chi connectivity index (χ1v) is 8.70. The maximum atomic E-state index is 4.92. The second-order valence-corrected chi connectivity index (χ2v) is 6.70. The predicted octanol–water partition coefficient (Wildman–Crippen LogP) is 4.14. The van der Waals surface area contributed by atoms with Gasteiger partial charge in [-0.25, -0.2) is 4.98 Å². The summed E-state index contributed by atoms with van der Waals surface area (Å²) in [6, 6.07) is 6.43. The highest BCUT2D eigenvalue weighted by atomic mass is 15.3. The van der Waals surface area contributed by atoms with Crippen LogP contribution in [0.3, 0.4) is 0 Å². The van der Waals surface area contributed by atoms with Gasteiger partial charge in [-0.15, -0.1) is 0 Å². The zero-order chi connectivity index (χ0) is 16.0. The maximum Gasteiger partial charge on any atom is 0.143 e. The van der Waals surface area contributed by atoms with Crippen LogP contribution in [0, 0.1) is 5.41 Å². The number of aryl methyl sites for hydroxylation is 1. The quantitative estimate of drug-likeness (QED) is 0.677. The SMILES string of the molecule is CC.Cn1c2ccncc2c2ccc(N3CC4(CCC4)C3)nc21. The van der Waals surface area contributed by atoms with E-state index in [0.717, 1.165) is 11.5 Å². The monoisotopic (exact) mass is 308 g/mol. The first-order chi connectivity index (χ1) is 11.3. The highest BCUT2D eigenvalue weighted by molar-refractivity contribution is 6.06. The van der Waals surface area contributed by atoms with Gasteiger partial charge >= 0.3 is 0 Å². The van der Waals surface area contributed by atoms with Crippen LogP contribution in [-0.2, 0) is 7.05 Å². The zero-order valence-electron chi connectivity index (χ0n) is 14.2. The molecular weight excluding hydrogens is 284 g/mol. The molecule has 1 aliphatic carbocycles. The van der Waals surface area contributed by atoms with Crippen LogP contribution in [-0.4, -0.2) is 27.6 Å². The van der Waals surface area contributed by atoms with Crippen LogP contribution >= 0.6 is 0 Å². The van der Waals surface area contributed by atoms with E-state index in [0.29, 0.717) is 5.41 Å². The second kappa shape index (κ2) is 5.22. The molecule has 0 atom stereocenters. The lowest BCUT2D eigenvalue weighted by atomic mass is 9.63. The summed E-state index contributed by atoms with van der Waals surface area (Å²) in [7, 11) is 2.09. The standard InChI is InChI=1S/C17H18N4.C2H6/c1-20-14-5-8-18-9-13(14)12-3-4-15(19-16(12)20)21-10-17(11-21)6-2-7-17;1-2/h3-5,8-9H,2,6-7,10-11H2,1H3;1-2H3. The smallest absolute Gasteiger partial charge is 0.143 e. The molecule has 4 nitrogen and oxygen atoms in total. The topological polar surface area (TPSA) is 34.0 Å². The molecule has 3 aromatic rings. The minimum atomic E-state index is 0.638. The number of nitrogens with zero attached hydrogens (tertiary/aromatic N) is 4. The Morgan fingerprint density at radius 3 is 2.52 bits per heavy atom. The molecule has 0 amide bonds. The molecule has 1 aliphatic heterocycles. The van der Waals surface area contributed by atoms with E-state index in [1.54, 1.807) is 0 Å². The van der Waals surface area contributed by atoms with Gasteiger partial charge in [0.25, 0.3) is 0 Å². The molecule has 2 aliphatic rings. The van der Waals surface area contributed by atoms with Crippen LogP contribution in [0.15, 0.2) is 30.6 Å². The lowest BCUT2D eigenvalue weighted by Gasteiger charge is -2.56. The summed E-state index contributed by atoms with van der Waals surface area (Å²) in [6.45, 7) is 6.38. The molecule has 0 radical (unpaired) electrons. The van der Waals surface area contributed by atoms with E-state index in [2.05, 4.69) is 39.7 Å². The number of pyridine rings is 2. The van der Waals surface area contributed by atoms with E-state index in [9.17, 15) is 0 Å². The van der Waals surface area contributed by atoms with Crippen molar-refractivity contribution in [2.75, 3.05) is 18.0 Å². The van der Waals surface area contributed by atoms with Gasteiger partial charge in [-0.2, -0.15) is 0 Å². The number of hydrogen-bond donors (Lipinski definition) is 0. The molecule has 4 heterocycles. The lowest BCUT2D eigenvalue weighted by Crippen LogP contribution is -2.60. The van der Waals surface area contributed by atoms with Crippen molar-refractivity contribution in [1.82, 2.24) is 14.5 Å². The van der Waals surface area contributed by atoms with Crippen molar-refractivity contribution in [2.24, 2.45) is 12.5 Å². The first-order valence-electron chi connectivity index (χ1n) is 8.70. The second-order valence-electron chi connectivity index (χ2n) is 6.70. The summed E-state index contributed by atoms with van der Waals surface area (Å²) in [6.07, 6.45) is 8.01. The Morgan fingerprint density at radius 2 is 1.83 bits per heavy atom. The Labute approximate surface area is 137 Å². The molecule has 0 bridgehead atoms. The molecule has 23 heavy (non-hydrogen) atoms. The number of hydrogen-bond acceptors (Lipinski definition) is 3. The third kappa shape index (κ3) is 2.04. The number of anilines is 1. The van der Waals surface area contributed by atoms with Crippen LogP contribution in [0.4, 0.5) is 5.82 Å². The van der Waals surface area contributed by atoms with Gasteiger partial charge in [-0.1, -0.05) is 20.3 Å². The molecule has 5 rings (SSSR count). The predicted molar refractivity (Wildman–Crippen MR) is 95.9 cm³/mol. The molecule has 0 N–H and O–H groups in total. The minimum absolute atomic E-state index is 0.638. The molecule has 0 unspecified atom stereocenters. The molecule has 1 spiro atoms. The third-order valence-corrected chi connectivity index (χ3v) is 5.42. The van der Waals surface area contributed by atoms with Gasteiger partial charge in [0.2, 0.25) is 0 Å². The Morgan fingerprint density at radius 1 is 1.04 bits per heavy atom. The van der Waals surface area contributed by atoms with Crippen LogP contribution in [0.1, 0.15) is 33.1 Å². The Kier molecular flexibility index (Phi) is 3.29. The van der Waals surface area contributed by atoms with Crippen molar-refractivity contribution < 1.29 is 0 Å². The maximum absolute atomic E-state index is 4.92. The lowest BCUT2D eigenvalue weighted by molar-refractivity contribution is 0.0897. The normalized spacial score (nSPS) is 18.5. The molecule has 120 valence electrons. The van der Waals surface area contributed by atoms with Crippen molar-refractivity contribution in [2.45, 2.75) is 33.1 Å². The Balaban J connectivity index is 0.000000652. The minimum Gasteiger partial charge on any atom is -0.355 e. The highest BCUT2D eigenvalue weighted by Crippen LogP contribution is 2.49. The van der Waals surface area contributed by atoms with Gasteiger partial charge < -0.3 is 9.47 Å². The summed E-state index contributed by atoms with van der Waals surface area (Å²) in [5.41, 5.74) is 2.90. The summed E-state index contributed by atoms with van der Waals surface area (Å²) in [5, 5.41) is 2.39. The van der Waals surface area contributed by atoms with Crippen molar-refractivity contribution >= 4 is 27.8 Å². The fourth-order valence-corrected chi connectivity index (χ4v) is 4.00. The van der Waals surface area contributed by atoms with Crippen molar-refractivity contribution in [3.05, 3.63) is 30.6 Å². The van der Waals surface area contributed by atoms with Gasteiger partial charge in [0.05, 0.1) is 5.52 Å². The van der Waals surface area contributed by atoms with E-state index in [1.165, 1.54) is 48.6 Å². The summed E-state index contributed by atoms with van der Waals surface area (Å²) in [5.74, 6) is 1.12. The number of fused-ring (bicyclic) bond motifs is 3. The van der Waals surface area contributed by atoms with Crippen LogP contribution in [0.5, 0.6) is 0 Å². The molecule has 3 aromatic heterocycles. The first kappa shape index (κ1) is 14.5. The van der Waals surface area contributed by atoms with Gasteiger partial charge in [0.1, 0.15) is 11.5 Å². The summed E-state index contributed by atoms with van der Waals surface area (Å²) >= 11 is 0. The van der Waals surface area contributed by atoms with Crippen molar-refractivity contribution in [3.8, 4) is 0 Å². The molecule has 2 fully saturated rings. The van der Waals surface area contributed by atoms with E-state index >= 15 is 0 Å².